The summed E-state index contributed by atoms with van der Waals surface area (Å²) >= 11 is 0. The van der Waals surface area contributed by atoms with Crippen molar-refractivity contribution in [3.05, 3.63) is 46.5 Å². The summed E-state index contributed by atoms with van der Waals surface area (Å²) < 4.78 is 22.1. The van der Waals surface area contributed by atoms with Gasteiger partial charge < -0.3 is 0 Å². The number of benzene rings is 1. The molecule has 98 valence electrons. The number of non-ortho nitro benzene ring substituents is 1. The Kier molecular flexibility index (Phi) is 3.16. The first kappa shape index (κ1) is 10.1. The van der Waals surface area contributed by atoms with E-state index < -0.39 is 11.0 Å². The molecule has 0 heterocycles. The Morgan fingerprint density at radius 1 is 1.56 bits per heavy atom. The van der Waals surface area contributed by atoms with Crippen LogP contribution in [-0.4, -0.2) is 16.2 Å². The largest absolute Gasteiger partial charge is 0.288 e. The van der Waals surface area contributed by atoms with Crippen molar-refractivity contribution in [1.82, 2.24) is 0 Å². The molecule has 1 atom stereocenters. The molecule has 0 radical (unpaired) electrons. The SMILES string of the molecule is [2H]ON(c1ccc([N+](=O)[O-])cc1)C(C(C)=C([2H])[2H])C(C)C. The van der Waals surface area contributed by atoms with Crippen LogP contribution in [0.2, 0.25) is 1.43 Å². The second-order valence-corrected chi connectivity index (χ2v) is 4.47. The van der Waals surface area contributed by atoms with Crippen molar-refractivity contribution in [3.8, 4) is 0 Å². The molecule has 1 aromatic rings. The third-order valence-corrected chi connectivity index (χ3v) is 2.64. The second-order valence-electron chi connectivity index (χ2n) is 4.47. The molecule has 0 saturated carbocycles. The molecular weight excluding hydrogens is 232 g/mol. The predicted octanol–water partition coefficient (Wildman–Crippen LogP) is 3.39. The van der Waals surface area contributed by atoms with Gasteiger partial charge in [-0.15, -0.1) is 0 Å². The molecule has 0 aliphatic carbocycles. The molecule has 5 nitrogen and oxygen atoms in total. The number of nitro groups is 1. The van der Waals surface area contributed by atoms with Gasteiger partial charge in [-0.1, -0.05) is 26.0 Å². The topological polar surface area (TPSA) is 66.6 Å². The van der Waals surface area contributed by atoms with Crippen LogP contribution in [0.4, 0.5) is 11.4 Å². The Hall–Kier alpha value is -1.88. The standard InChI is InChI=1S/C13H18N2O3/c1-9(2)13(10(3)4)14(16)11-5-7-12(8-6-11)15(17)18/h5-8,10,13,16H,1H2,2-4H3/i1D2,16D. The highest BCUT2D eigenvalue weighted by Gasteiger charge is 2.22. The zero-order valence-corrected chi connectivity index (χ0v) is 10.6. The summed E-state index contributed by atoms with van der Waals surface area (Å²) in [5, 5.41) is 16.5. The summed E-state index contributed by atoms with van der Waals surface area (Å²) in [7, 11) is 0. The highest BCUT2D eigenvalue weighted by atomic mass is 16.6. The van der Waals surface area contributed by atoms with Crippen molar-refractivity contribution in [1.29, 1.82) is 0 Å². The zero-order valence-electron chi connectivity index (χ0n) is 13.6. The molecular formula is C13H18N2O3. The minimum Gasteiger partial charge on any atom is -0.288 e. The number of rotatable bonds is 6. The van der Waals surface area contributed by atoms with Crippen molar-refractivity contribution in [3.63, 3.8) is 0 Å². The van der Waals surface area contributed by atoms with Gasteiger partial charge in [0.05, 0.1) is 19.4 Å². The Morgan fingerprint density at radius 3 is 2.56 bits per heavy atom. The summed E-state index contributed by atoms with van der Waals surface area (Å²) in [6.07, 6.45) is 0. The normalized spacial score (nSPS) is 14.3. The van der Waals surface area contributed by atoms with Crippen molar-refractivity contribution < 1.29 is 14.3 Å². The van der Waals surface area contributed by atoms with Crippen LogP contribution >= 0.6 is 0 Å². The van der Waals surface area contributed by atoms with E-state index in [-0.39, 0.29) is 18.1 Å². The van der Waals surface area contributed by atoms with Crippen LogP contribution in [0, 0.1) is 16.0 Å². The van der Waals surface area contributed by atoms with E-state index in [1.54, 1.807) is 6.92 Å². The van der Waals surface area contributed by atoms with Crippen molar-refractivity contribution in [2.75, 3.05) is 5.06 Å². The Balaban J connectivity index is 3.20. The molecule has 0 amide bonds. The summed E-state index contributed by atoms with van der Waals surface area (Å²) in [6.45, 7) is 5.07. The Morgan fingerprint density at radius 2 is 2.17 bits per heavy atom. The van der Waals surface area contributed by atoms with Crippen LogP contribution < -0.4 is 5.06 Å². The average molecular weight is 253 g/mol. The van der Waals surface area contributed by atoms with Gasteiger partial charge in [0.25, 0.3) is 5.69 Å². The summed E-state index contributed by atoms with van der Waals surface area (Å²) in [5.41, 5.74) is 0.851. The summed E-state index contributed by atoms with van der Waals surface area (Å²) in [6, 6.07) is 5.11. The van der Waals surface area contributed by atoms with Crippen LogP contribution in [0.1, 0.15) is 23.5 Å². The van der Waals surface area contributed by atoms with E-state index in [0.717, 1.165) is 0 Å². The molecule has 0 saturated heterocycles. The van der Waals surface area contributed by atoms with E-state index in [1.807, 2.05) is 13.8 Å². The zero-order chi connectivity index (χ0) is 16.2. The molecule has 1 aromatic carbocycles. The molecule has 0 fully saturated rings. The molecule has 1 N–H and O–H groups in total. The van der Waals surface area contributed by atoms with E-state index >= 15 is 0 Å². The second kappa shape index (κ2) is 5.64. The van der Waals surface area contributed by atoms with Gasteiger partial charge in [0, 0.05) is 12.1 Å². The monoisotopic (exact) mass is 253 g/mol. The van der Waals surface area contributed by atoms with Crippen LogP contribution in [-0.2, 0) is 0 Å². The van der Waals surface area contributed by atoms with Crippen molar-refractivity contribution >= 4 is 11.4 Å². The minimum atomic E-state index is -0.507. The molecule has 0 aliphatic heterocycles. The van der Waals surface area contributed by atoms with Gasteiger partial charge in [-0.25, -0.2) is 5.06 Å². The van der Waals surface area contributed by atoms with Gasteiger partial charge in [0.15, 0.2) is 0 Å². The quantitative estimate of drug-likeness (QED) is 0.479. The highest BCUT2D eigenvalue weighted by Crippen LogP contribution is 2.25. The maximum absolute atomic E-state index is 10.7. The number of hydrogen-bond acceptors (Lipinski definition) is 4. The molecule has 5 heteroatoms. The van der Waals surface area contributed by atoms with Crippen LogP contribution in [0.3, 0.4) is 0 Å². The Labute approximate surface area is 111 Å². The van der Waals surface area contributed by atoms with E-state index in [0.29, 0.717) is 11.3 Å². The number of nitrogens with zero attached hydrogens (tertiary/aromatic N) is 2. The lowest BCUT2D eigenvalue weighted by molar-refractivity contribution is -0.384. The van der Waals surface area contributed by atoms with Crippen molar-refractivity contribution in [2.24, 2.45) is 5.92 Å². The number of nitro benzene ring substituents is 1. The van der Waals surface area contributed by atoms with Gasteiger partial charge in [0.1, 0.15) is 0 Å². The highest BCUT2D eigenvalue weighted by molar-refractivity contribution is 5.50. The van der Waals surface area contributed by atoms with E-state index in [2.05, 4.69) is 5.21 Å². The van der Waals surface area contributed by atoms with Gasteiger partial charge in [-0.05, 0) is 25.0 Å². The van der Waals surface area contributed by atoms with Crippen LogP contribution in [0.25, 0.3) is 0 Å². The summed E-state index contributed by atoms with van der Waals surface area (Å²) in [4.78, 5) is 10.2. The first-order chi connectivity index (χ1) is 9.79. The maximum atomic E-state index is 10.7. The lowest BCUT2D eigenvalue weighted by Crippen LogP contribution is -2.37. The molecule has 0 bridgehead atoms. The third-order valence-electron chi connectivity index (χ3n) is 2.64. The first-order valence-electron chi connectivity index (χ1n) is 7.01. The fraction of sp³-hybridized carbons (Fsp3) is 0.385. The fourth-order valence-corrected chi connectivity index (χ4v) is 1.83. The summed E-state index contributed by atoms with van der Waals surface area (Å²) in [5.74, 6) is -0.0174. The third kappa shape index (κ3) is 3.07. The van der Waals surface area contributed by atoms with E-state index in [4.69, 9.17) is 4.17 Å². The lowest BCUT2D eigenvalue weighted by Gasteiger charge is -2.31. The van der Waals surface area contributed by atoms with Gasteiger partial charge in [0.2, 0.25) is 1.43 Å². The minimum absolute atomic E-state index is 0.0174. The fourth-order valence-electron chi connectivity index (χ4n) is 1.83. The average Bonchev–Trinajstić information content (AvgIpc) is 2.43. The van der Waals surface area contributed by atoms with Crippen LogP contribution in [0.5, 0.6) is 0 Å². The number of hydroxylamine groups is 1. The van der Waals surface area contributed by atoms with Gasteiger partial charge >= 0.3 is 0 Å². The molecule has 1 unspecified atom stereocenters. The molecule has 18 heavy (non-hydrogen) atoms. The van der Waals surface area contributed by atoms with E-state index in [1.165, 1.54) is 29.3 Å². The smallest absolute Gasteiger partial charge is 0.269 e. The number of hydrogen-bond donors (Lipinski definition) is 1. The molecule has 1 rings (SSSR count). The van der Waals surface area contributed by atoms with Gasteiger partial charge in [-0.2, -0.15) is 0 Å². The van der Waals surface area contributed by atoms with E-state index in [9.17, 15) is 10.1 Å². The lowest BCUT2D eigenvalue weighted by atomic mass is 9.97. The molecule has 0 aromatic heterocycles. The molecule has 0 aliphatic rings. The number of anilines is 1. The van der Waals surface area contributed by atoms with Crippen molar-refractivity contribution in [2.45, 2.75) is 26.8 Å². The first-order valence-corrected chi connectivity index (χ1v) is 5.60. The van der Waals surface area contributed by atoms with Crippen LogP contribution in [0.15, 0.2) is 36.4 Å². The Bertz CT molecular complexity index is 528. The predicted molar refractivity (Wildman–Crippen MR) is 70.8 cm³/mol. The molecule has 0 spiro atoms. The maximum Gasteiger partial charge on any atom is 0.269 e. The van der Waals surface area contributed by atoms with Gasteiger partial charge in [-0.3, -0.25) is 15.3 Å².